The normalized spacial score (nSPS) is 10.2. The predicted octanol–water partition coefficient (Wildman–Crippen LogP) is -1.06. The summed E-state index contributed by atoms with van der Waals surface area (Å²) in [5.41, 5.74) is 0. The van der Waals surface area contributed by atoms with Gasteiger partial charge < -0.3 is 29.4 Å². The average molecular weight is 224 g/mol. The molecule has 0 heterocycles. The summed E-state index contributed by atoms with van der Waals surface area (Å²) in [5.74, 6) is 0. The van der Waals surface area contributed by atoms with Crippen molar-refractivity contribution in [2.24, 2.45) is 0 Å². The number of hydrogen-bond acceptors (Lipinski definition) is 2. The van der Waals surface area contributed by atoms with E-state index < -0.39 is 15.6 Å². The first-order valence-electron chi connectivity index (χ1n) is 2.07. The fourth-order valence-corrected chi connectivity index (χ4v) is 0. The van der Waals surface area contributed by atoms with Crippen molar-refractivity contribution < 1.29 is 38.5 Å². The predicted molar refractivity (Wildman–Crippen MR) is 39.8 cm³/mol. The molecule has 8 nitrogen and oxygen atoms in total. The highest BCUT2D eigenvalue weighted by atomic mass is 31.2. The maximum Gasteiger partial charge on any atom is 0.466 e. The van der Waals surface area contributed by atoms with E-state index in [2.05, 4.69) is 13.2 Å². The lowest BCUT2D eigenvalue weighted by atomic mass is 11.3. The van der Waals surface area contributed by atoms with Gasteiger partial charge in [-0.2, -0.15) is 0 Å². The van der Waals surface area contributed by atoms with Gasteiger partial charge >= 0.3 is 15.6 Å². The van der Waals surface area contributed by atoms with Crippen LogP contribution in [0, 0.1) is 0 Å². The molecule has 0 amide bonds. The Bertz CT molecular complexity index is 139. The molecule has 12 heavy (non-hydrogen) atoms. The Morgan fingerprint density at radius 2 is 0.667 bits per heavy atom. The van der Waals surface area contributed by atoms with Gasteiger partial charge in [-0.05, 0) is 0 Å². The summed E-state index contributed by atoms with van der Waals surface area (Å²) in [6, 6.07) is 0. The molecular weight excluding hydrogens is 214 g/mol. The SMILES string of the molecule is C=C.O=P(O)(O)O.O=P(O)(O)O. The Hall–Kier alpha value is -0.0400. The Balaban J connectivity index is -0.000000112. The second-order valence-corrected chi connectivity index (χ2v) is 3.08. The van der Waals surface area contributed by atoms with E-state index in [1.807, 2.05) is 0 Å². The zero-order valence-corrected chi connectivity index (χ0v) is 7.60. The summed E-state index contributed by atoms with van der Waals surface area (Å²) in [6.45, 7) is 6.00. The van der Waals surface area contributed by atoms with Crippen molar-refractivity contribution in [3.63, 3.8) is 0 Å². The minimum atomic E-state index is -4.64. The molecule has 0 aromatic heterocycles. The Kier molecular flexibility index (Phi) is 11.3. The van der Waals surface area contributed by atoms with E-state index in [1.165, 1.54) is 0 Å². The van der Waals surface area contributed by atoms with E-state index in [9.17, 15) is 0 Å². The largest absolute Gasteiger partial charge is 0.466 e. The van der Waals surface area contributed by atoms with Crippen LogP contribution in [-0.4, -0.2) is 29.4 Å². The van der Waals surface area contributed by atoms with Gasteiger partial charge in [0.2, 0.25) is 0 Å². The van der Waals surface area contributed by atoms with Crippen LogP contribution in [0.25, 0.3) is 0 Å². The third-order valence-electron chi connectivity index (χ3n) is 0. The Morgan fingerprint density at radius 1 is 0.667 bits per heavy atom. The van der Waals surface area contributed by atoms with Gasteiger partial charge in [0.15, 0.2) is 0 Å². The maximum absolute atomic E-state index is 8.88. The summed E-state index contributed by atoms with van der Waals surface area (Å²) in [5, 5.41) is 0. The molecule has 0 aromatic rings. The first-order valence-corrected chi connectivity index (χ1v) is 5.20. The van der Waals surface area contributed by atoms with Crippen LogP contribution in [0.4, 0.5) is 0 Å². The standard InChI is InChI=1S/C2H4.2H3O4P/c1-2;2*1-5(2,3)4/h1-2H2;2*(H3,1,2,3,4). The summed E-state index contributed by atoms with van der Waals surface area (Å²) >= 11 is 0. The van der Waals surface area contributed by atoms with Gasteiger partial charge in [0.05, 0.1) is 0 Å². The van der Waals surface area contributed by atoms with E-state index >= 15 is 0 Å². The smallest absolute Gasteiger partial charge is 0.303 e. The average Bonchev–Trinajstić information content (AvgIpc) is 1.59. The van der Waals surface area contributed by atoms with Gasteiger partial charge in [-0.15, -0.1) is 13.2 Å². The second kappa shape index (κ2) is 7.60. The van der Waals surface area contributed by atoms with Gasteiger partial charge in [-0.3, -0.25) is 0 Å². The first-order chi connectivity index (χ1) is 5.00. The molecule has 0 aliphatic carbocycles. The highest BCUT2D eigenvalue weighted by Crippen LogP contribution is 2.26. The zero-order valence-electron chi connectivity index (χ0n) is 5.81. The molecular formula is C2H10O8P2. The van der Waals surface area contributed by atoms with Gasteiger partial charge in [0.1, 0.15) is 0 Å². The molecule has 76 valence electrons. The van der Waals surface area contributed by atoms with Crippen LogP contribution >= 0.6 is 15.6 Å². The van der Waals surface area contributed by atoms with Crippen molar-refractivity contribution in [1.82, 2.24) is 0 Å². The quantitative estimate of drug-likeness (QED) is 0.224. The molecule has 10 heteroatoms. The molecule has 0 aliphatic rings. The fourth-order valence-electron chi connectivity index (χ4n) is 0. The molecule has 0 radical (unpaired) electrons. The summed E-state index contributed by atoms with van der Waals surface area (Å²) in [6.07, 6.45) is 0. The van der Waals surface area contributed by atoms with Crippen molar-refractivity contribution in [3.05, 3.63) is 13.2 Å². The number of rotatable bonds is 0. The molecule has 0 rings (SSSR count). The molecule has 0 aliphatic heterocycles. The third-order valence-corrected chi connectivity index (χ3v) is 0. The third kappa shape index (κ3) is 500000. The minimum Gasteiger partial charge on any atom is -0.303 e. The zero-order chi connectivity index (χ0) is 11.0. The summed E-state index contributed by atoms with van der Waals surface area (Å²) < 4.78 is 17.8. The van der Waals surface area contributed by atoms with Crippen LogP contribution in [0.2, 0.25) is 0 Å². The van der Waals surface area contributed by atoms with E-state index in [0.717, 1.165) is 0 Å². The first kappa shape index (κ1) is 17.9. The molecule has 0 bridgehead atoms. The highest BCUT2D eigenvalue weighted by Gasteiger charge is 2.00. The van der Waals surface area contributed by atoms with Crippen LogP contribution < -0.4 is 0 Å². The van der Waals surface area contributed by atoms with Gasteiger partial charge in [0, 0.05) is 0 Å². The van der Waals surface area contributed by atoms with E-state index in [1.54, 1.807) is 0 Å². The number of hydrogen-bond donors (Lipinski definition) is 6. The van der Waals surface area contributed by atoms with Crippen molar-refractivity contribution in [2.75, 3.05) is 0 Å². The Morgan fingerprint density at radius 3 is 0.667 bits per heavy atom. The molecule has 0 saturated heterocycles. The topological polar surface area (TPSA) is 156 Å². The van der Waals surface area contributed by atoms with E-state index in [0.29, 0.717) is 0 Å². The lowest BCUT2D eigenvalue weighted by Gasteiger charge is -1.82. The maximum atomic E-state index is 8.88. The van der Waals surface area contributed by atoms with Crippen LogP contribution in [0.3, 0.4) is 0 Å². The molecule has 0 atom stereocenters. The van der Waals surface area contributed by atoms with Gasteiger partial charge in [-0.1, -0.05) is 0 Å². The summed E-state index contributed by atoms with van der Waals surface area (Å²) in [7, 11) is -9.28. The molecule has 0 aromatic carbocycles. The fraction of sp³-hybridized carbons (Fsp3) is 0. The van der Waals surface area contributed by atoms with Crippen molar-refractivity contribution in [3.8, 4) is 0 Å². The van der Waals surface area contributed by atoms with Crippen LogP contribution in [-0.2, 0) is 9.13 Å². The van der Waals surface area contributed by atoms with Gasteiger partial charge in [0.25, 0.3) is 0 Å². The van der Waals surface area contributed by atoms with Crippen molar-refractivity contribution in [2.45, 2.75) is 0 Å². The van der Waals surface area contributed by atoms with Crippen molar-refractivity contribution >= 4 is 15.6 Å². The lowest BCUT2D eigenvalue weighted by molar-refractivity contribution is 0.272. The van der Waals surface area contributed by atoms with Crippen molar-refractivity contribution in [1.29, 1.82) is 0 Å². The highest BCUT2D eigenvalue weighted by molar-refractivity contribution is 7.45. The van der Waals surface area contributed by atoms with Crippen LogP contribution in [0.15, 0.2) is 13.2 Å². The monoisotopic (exact) mass is 224 g/mol. The number of phosphoric acid groups is 2. The molecule has 0 unspecified atom stereocenters. The van der Waals surface area contributed by atoms with Gasteiger partial charge in [-0.25, -0.2) is 9.13 Å². The van der Waals surface area contributed by atoms with Crippen LogP contribution in [0.5, 0.6) is 0 Å². The molecule has 0 fully saturated rings. The summed E-state index contributed by atoms with van der Waals surface area (Å²) in [4.78, 5) is 43.1. The van der Waals surface area contributed by atoms with E-state index in [-0.39, 0.29) is 0 Å². The minimum absolute atomic E-state index is 3.00. The van der Waals surface area contributed by atoms with E-state index in [4.69, 9.17) is 38.5 Å². The molecule has 0 spiro atoms. The second-order valence-electron chi connectivity index (χ2n) is 1.03. The molecule has 6 N–H and O–H groups in total. The van der Waals surface area contributed by atoms with Crippen LogP contribution in [0.1, 0.15) is 0 Å². The lowest BCUT2D eigenvalue weighted by Crippen LogP contribution is -1.66. The Labute approximate surface area is 68.3 Å². The molecule has 0 saturated carbocycles.